The lowest BCUT2D eigenvalue weighted by molar-refractivity contribution is -0.137. The van der Waals surface area contributed by atoms with E-state index < -0.39 is 17.5 Å². The van der Waals surface area contributed by atoms with E-state index in [1.54, 1.807) is 18.2 Å². The second-order valence-corrected chi connectivity index (χ2v) is 5.77. The zero-order valence-corrected chi connectivity index (χ0v) is 14.7. The van der Waals surface area contributed by atoms with Gasteiger partial charge in [-0.1, -0.05) is 11.8 Å². The molecule has 0 aliphatic rings. The van der Waals surface area contributed by atoms with E-state index in [-0.39, 0.29) is 5.56 Å². The summed E-state index contributed by atoms with van der Waals surface area (Å²) in [7, 11) is 0. The summed E-state index contributed by atoms with van der Waals surface area (Å²) < 4.78 is 39.5. The first-order chi connectivity index (χ1) is 13.3. The van der Waals surface area contributed by atoms with Gasteiger partial charge < -0.3 is 10.5 Å². The molecular weight excluding hydrogens is 369 g/mol. The Bertz CT molecular complexity index is 966. The molecule has 0 bridgehead atoms. The van der Waals surface area contributed by atoms with Crippen molar-refractivity contribution in [3.8, 4) is 23.7 Å². The molecule has 0 amide bonds. The monoisotopic (exact) mass is 386 g/mol. The van der Waals surface area contributed by atoms with Gasteiger partial charge in [-0.05, 0) is 54.8 Å². The number of alkyl halides is 3. The highest BCUT2D eigenvalue weighted by Gasteiger charge is 2.33. The summed E-state index contributed by atoms with van der Waals surface area (Å²) >= 11 is 0. The van der Waals surface area contributed by atoms with Crippen LogP contribution in [0.4, 0.5) is 13.2 Å². The summed E-state index contributed by atoms with van der Waals surface area (Å²) in [4.78, 5) is 4.01. The van der Waals surface area contributed by atoms with Crippen LogP contribution in [0, 0.1) is 23.2 Å². The zero-order valence-electron chi connectivity index (χ0n) is 14.7. The Morgan fingerprint density at radius 3 is 2.54 bits per heavy atom. The van der Waals surface area contributed by atoms with Gasteiger partial charge in [-0.3, -0.25) is 4.99 Å². The molecule has 2 aromatic rings. The SMILES string of the molecule is N#Cc1ccc(C#Cc2ccc(O)cc2C(F)(F)F)c(CCCN=CNN)c1. The van der Waals surface area contributed by atoms with Gasteiger partial charge in [0.25, 0.3) is 0 Å². The Hall–Kier alpha value is -3.49. The predicted molar refractivity (Wildman–Crippen MR) is 99.2 cm³/mol. The third kappa shape index (κ3) is 5.76. The number of rotatable bonds is 5. The lowest BCUT2D eigenvalue weighted by atomic mass is 9.99. The van der Waals surface area contributed by atoms with Gasteiger partial charge in [0, 0.05) is 17.7 Å². The third-order valence-electron chi connectivity index (χ3n) is 3.77. The maximum atomic E-state index is 13.2. The molecule has 4 N–H and O–H groups in total. The van der Waals surface area contributed by atoms with Crippen molar-refractivity contribution in [2.45, 2.75) is 19.0 Å². The van der Waals surface area contributed by atoms with Gasteiger partial charge in [0.1, 0.15) is 5.75 Å². The first kappa shape index (κ1) is 20.8. The van der Waals surface area contributed by atoms with Crippen LogP contribution in [0.15, 0.2) is 41.4 Å². The van der Waals surface area contributed by atoms with Crippen LogP contribution in [-0.2, 0) is 12.6 Å². The standard InChI is InChI=1S/C20H17F3N4O/c21-20(22,23)19-11-18(28)8-7-16(19)6-5-15-4-3-14(12-24)10-17(15)2-1-9-26-13-27-25/h3-4,7-8,10-11,13,28H,1-2,9,25H2,(H,26,27). The molecule has 8 heteroatoms. The molecule has 0 aliphatic carbocycles. The zero-order chi connectivity index (χ0) is 20.6. The summed E-state index contributed by atoms with van der Waals surface area (Å²) in [5.41, 5.74) is 2.76. The van der Waals surface area contributed by atoms with Crippen molar-refractivity contribution < 1.29 is 18.3 Å². The van der Waals surface area contributed by atoms with E-state index in [1.165, 1.54) is 6.34 Å². The molecule has 0 saturated heterocycles. The minimum absolute atomic E-state index is 0.237. The largest absolute Gasteiger partial charge is 0.508 e. The highest BCUT2D eigenvalue weighted by molar-refractivity contribution is 5.53. The number of phenolic OH excluding ortho intramolecular Hbond substituents is 1. The second-order valence-electron chi connectivity index (χ2n) is 5.77. The lowest BCUT2D eigenvalue weighted by Crippen LogP contribution is -2.19. The van der Waals surface area contributed by atoms with Crippen LogP contribution < -0.4 is 11.3 Å². The number of nitrogens with one attached hydrogen (secondary N) is 1. The molecule has 2 rings (SSSR count). The third-order valence-corrected chi connectivity index (χ3v) is 3.77. The minimum Gasteiger partial charge on any atom is -0.508 e. The van der Waals surface area contributed by atoms with Crippen LogP contribution in [0.5, 0.6) is 5.75 Å². The van der Waals surface area contributed by atoms with E-state index in [0.29, 0.717) is 36.6 Å². The van der Waals surface area contributed by atoms with Gasteiger partial charge in [-0.25, -0.2) is 5.84 Å². The minimum atomic E-state index is -4.63. The molecule has 0 spiro atoms. The number of hydrazine groups is 1. The molecule has 0 radical (unpaired) electrons. The predicted octanol–water partition coefficient (Wildman–Crippen LogP) is 3.11. The molecule has 0 heterocycles. The van der Waals surface area contributed by atoms with Gasteiger partial charge in [-0.15, -0.1) is 0 Å². The van der Waals surface area contributed by atoms with Crippen LogP contribution in [0.25, 0.3) is 0 Å². The van der Waals surface area contributed by atoms with Crippen LogP contribution in [-0.4, -0.2) is 18.0 Å². The van der Waals surface area contributed by atoms with E-state index in [0.717, 1.165) is 17.7 Å². The van der Waals surface area contributed by atoms with Crippen molar-refractivity contribution in [3.05, 3.63) is 64.2 Å². The number of phenols is 1. The van der Waals surface area contributed by atoms with Gasteiger partial charge in [0.05, 0.1) is 23.5 Å². The Morgan fingerprint density at radius 1 is 1.14 bits per heavy atom. The fraction of sp³-hybridized carbons (Fsp3) is 0.200. The molecule has 0 fully saturated rings. The number of aliphatic imine (C=N–C) groups is 1. The maximum absolute atomic E-state index is 13.2. The number of nitrogens with two attached hydrogens (primary N) is 1. The highest BCUT2D eigenvalue weighted by Crippen LogP contribution is 2.33. The second kappa shape index (κ2) is 9.45. The molecule has 2 aromatic carbocycles. The Morgan fingerprint density at radius 2 is 1.86 bits per heavy atom. The fourth-order valence-corrected chi connectivity index (χ4v) is 2.48. The number of halogens is 3. The number of hydrogen-bond acceptors (Lipinski definition) is 4. The number of nitrogens with zero attached hydrogens (tertiary/aromatic N) is 2. The maximum Gasteiger partial charge on any atom is 0.417 e. The summed E-state index contributed by atoms with van der Waals surface area (Å²) in [6, 6.07) is 9.80. The molecule has 5 nitrogen and oxygen atoms in total. The smallest absolute Gasteiger partial charge is 0.417 e. The topological polar surface area (TPSA) is 94.4 Å². The lowest BCUT2D eigenvalue weighted by Gasteiger charge is -2.09. The van der Waals surface area contributed by atoms with Gasteiger partial charge in [0.15, 0.2) is 0 Å². The van der Waals surface area contributed by atoms with Crippen LogP contribution >= 0.6 is 0 Å². The van der Waals surface area contributed by atoms with Gasteiger partial charge in [0.2, 0.25) is 0 Å². The van der Waals surface area contributed by atoms with Crippen LogP contribution in [0.2, 0.25) is 0 Å². The van der Waals surface area contributed by atoms with Crippen molar-refractivity contribution in [1.29, 1.82) is 5.26 Å². The van der Waals surface area contributed by atoms with Crippen molar-refractivity contribution in [2.75, 3.05) is 6.54 Å². The molecule has 0 atom stereocenters. The summed E-state index contributed by atoms with van der Waals surface area (Å²) in [5, 5.41) is 18.4. The first-order valence-corrected chi connectivity index (χ1v) is 8.25. The van der Waals surface area contributed by atoms with Gasteiger partial charge >= 0.3 is 6.18 Å². The molecule has 0 saturated carbocycles. The number of aromatic hydroxyl groups is 1. The van der Waals surface area contributed by atoms with Gasteiger partial charge in [-0.2, -0.15) is 18.4 Å². The Kier molecular flexibility index (Phi) is 7.02. The average Bonchev–Trinajstić information content (AvgIpc) is 2.66. The van der Waals surface area contributed by atoms with E-state index in [4.69, 9.17) is 11.1 Å². The number of benzene rings is 2. The quantitative estimate of drug-likeness (QED) is 0.184. The first-order valence-electron chi connectivity index (χ1n) is 8.25. The average molecular weight is 386 g/mol. The number of hydrogen-bond donors (Lipinski definition) is 3. The van der Waals surface area contributed by atoms with Crippen molar-refractivity contribution in [2.24, 2.45) is 10.8 Å². The Balaban J connectivity index is 2.35. The fourth-order valence-electron chi connectivity index (χ4n) is 2.48. The van der Waals surface area contributed by atoms with Crippen LogP contribution in [0.3, 0.4) is 0 Å². The normalized spacial score (nSPS) is 11.0. The summed E-state index contributed by atoms with van der Waals surface area (Å²) in [6.07, 6.45) is -2.08. The van der Waals surface area contributed by atoms with E-state index >= 15 is 0 Å². The molecule has 144 valence electrons. The Labute approximate surface area is 160 Å². The van der Waals surface area contributed by atoms with Crippen LogP contribution in [0.1, 0.15) is 34.2 Å². The van der Waals surface area contributed by atoms with E-state index in [1.807, 2.05) is 6.07 Å². The molecule has 0 aromatic heterocycles. The number of aryl methyl sites for hydroxylation is 1. The van der Waals surface area contributed by atoms with Crippen molar-refractivity contribution in [3.63, 3.8) is 0 Å². The van der Waals surface area contributed by atoms with Crippen molar-refractivity contribution >= 4 is 6.34 Å². The van der Waals surface area contributed by atoms with E-state index in [2.05, 4.69) is 22.3 Å². The molecule has 0 aliphatic heterocycles. The molecule has 0 unspecified atom stereocenters. The number of nitriles is 1. The highest BCUT2D eigenvalue weighted by atomic mass is 19.4. The van der Waals surface area contributed by atoms with E-state index in [9.17, 15) is 18.3 Å². The summed E-state index contributed by atoms with van der Waals surface area (Å²) in [6.45, 7) is 0.490. The summed E-state index contributed by atoms with van der Waals surface area (Å²) in [5.74, 6) is 9.88. The molecule has 28 heavy (non-hydrogen) atoms. The van der Waals surface area contributed by atoms with Crippen molar-refractivity contribution in [1.82, 2.24) is 5.43 Å². The molecular formula is C20H17F3N4O.